The van der Waals surface area contributed by atoms with Gasteiger partial charge < -0.3 is 15.4 Å². The van der Waals surface area contributed by atoms with E-state index in [9.17, 15) is 14.4 Å². The number of nitrogens with zero attached hydrogens (tertiary/aromatic N) is 2. The molecule has 0 aromatic heterocycles. The van der Waals surface area contributed by atoms with Crippen LogP contribution in [0.4, 0.5) is 0 Å². The van der Waals surface area contributed by atoms with E-state index in [1.165, 1.54) is 4.90 Å². The highest BCUT2D eigenvalue weighted by atomic mass is 16.5. The zero-order valence-electron chi connectivity index (χ0n) is 12.6. The second-order valence-corrected chi connectivity index (χ2v) is 4.60. The highest BCUT2D eigenvalue weighted by Gasteiger charge is 2.08. The Morgan fingerprint density at radius 2 is 1.82 bits per heavy atom. The lowest BCUT2D eigenvalue weighted by Gasteiger charge is -2.11. The van der Waals surface area contributed by atoms with E-state index in [-0.39, 0.29) is 12.5 Å². The van der Waals surface area contributed by atoms with E-state index in [1.54, 1.807) is 45.3 Å². The minimum absolute atomic E-state index is 0.0475. The summed E-state index contributed by atoms with van der Waals surface area (Å²) in [5, 5.41) is 3.76. The van der Waals surface area contributed by atoms with Gasteiger partial charge in [-0.2, -0.15) is 5.10 Å². The minimum Gasteiger partial charge on any atom is -0.484 e. The number of carbonyl (C=O) groups is 3. The number of nitrogens with two attached hydrogens (primary N) is 1. The van der Waals surface area contributed by atoms with E-state index in [1.807, 2.05) is 5.43 Å². The van der Waals surface area contributed by atoms with Crippen molar-refractivity contribution in [2.24, 2.45) is 10.8 Å². The van der Waals surface area contributed by atoms with Crippen molar-refractivity contribution < 1.29 is 19.1 Å². The number of likely N-dealkylation sites (N-methyl/N-ethyl adjacent to an activating group) is 1. The van der Waals surface area contributed by atoms with Crippen LogP contribution >= 0.6 is 0 Å². The average molecular weight is 306 g/mol. The maximum Gasteiger partial charge on any atom is 0.329 e. The Bertz CT molecular complexity index is 593. The molecule has 0 unspecified atom stereocenters. The van der Waals surface area contributed by atoms with Gasteiger partial charge in [0.1, 0.15) is 5.75 Å². The van der Waals surface area contributed by atoms with Crippen molar-refractivity contribution in [1.29, 1.82) is 0 Å². The first kappa shape index (κ1) is 17.2. The summed E-state index contributed by atoms with van der Waals surface area (Å²) in [6.07, 6.45) is 0. The number of amides is 3. The zero-order chi connectivity index (χ0) is 16.7. The smallest absolute Gasteiger partial charge is 0.329 e. The molecule has 1 rings (SSSR count). The van der Waals surface area contributed by atoms with Gasteiger partial charge in [-0.1, -0.05) is 0 Å². The van der Waals surface area contributed by atoms with Crippen LogP contribution in [0, 0.1) is 0 Å². The lowest BCUT2D eigenvalue weighted by Crippen LogP contribution is -2.33. The highest BCUT2D eigenvalue weighted by Crippen LogP contribution is 2.12. The number of hydrogen-bond donors (Lipinski definition) is 2. The molecule has 0 bridgehead atoms. The second kappa shape index (κ2) is 7.77. The van der Waals surface area contributed by atoms with Crippen molar-refractivity contribution in [3.8, 4) is 5.75 Å². The molecule has 0 saturated heterocycles. The van der Waals surface area contributed by atoms with Gasteiger partial charge in [0.25, 0.3) is 5.91 Å². The third-order valence-electron chi connectivity index (χ3n) is 2.68. The number of ether oxygens (including phenoxy) is 1. The van der Waals surface area contributed by atoms with Crippen molar-refractivity contribution in [3.63, 3.8) is 0 Å². The first-order chi connectivity index (χ1) is 10.3. The Kier molecular flexibility index (Phi) is 6.06. The highest BCUT2D eigenvalue weighted by molar-refractivity contribution is 6.34. The van der Waals surface area contributed by atoms with Crippen molar-refractivity contribution >= 4 is 23.4 Å². The minimum atomic E-state index is -1.11. The molecule has 118 valence electrons. The maximum atomic E-state index is 11.4. The average Bonchev–Trinajstić information content (AvgIpc) is 2.49. The molecule has 0 aliphatic carbocycles. The summed E-state index contributed by atoms with van der Waals surface area (Å²) in [4.78, 5) is 34.4. The fourth-order valence-electron chi connectivity index (χ4n) is 1.32. The maximum absolute atomic E-state index is 11.4. The van der Waals surface area contributed by atoms with Crippen LogP contribution in [0.25, 0.3) is 0 Å². The Morgan fingerprint density at radius 3 is 2.32 bits per heavy atom. The molecule has 3 N–H and O–H groups in total. The molecule has 0 atom stereocenters. The van der Waals surface area contributed by atoms with Crippen LogP contribution in [0.3, 0.4) is 0 Å². The topological polar surface area (TPSA) is 114 Å². The Morgan fingerprint density at radius 1 is 1.23 bits per heavy atom. The number of benzene rings is 1. The molecular formula is C14H18N4O4. The van der Waals surface area contributed by atoms with Crippen LogP contribution < -0.4 is 15.9 Å². The third-order valence-corrected chi connectivity index (χ3v) is 2.68. The Hall–Kier alpha value is -2.90. The zero-order valence-corrected chi connectivity index (χ0v) is 12.6. The van der Waals surface area contributed by atoms with Gasteiger partial charge in [-0.15, -0.1) is 0 Å². The number of rotatable bonds is 5. The summed E-state index contributed by atoms with van der Waals surface area (Å²) >= 11 is 0. The summed E-state index contributed by atoms with van der Waals surface area (Å²) in [6, 6.07) is 6.77. The van der Waals surface area contributed by atoms with Gasteiger partial charge in [-0.05, 0) is 36.8 Å². The lowest BCUT2D eigenvalue weighted by atomic mass is 10.1. The van der Waals surface area contributed by atoms with Crippen molar-refractivity contribution in [2.75, 3.05) is 20.7 Å². The molecule has 0 heterocycles. The second-order valence-electron chi connectivity index (χ2n) is 4.60. The van der Waals surface area contributed by atoms with Crippen LogP contribution in [0.2, 0.25) is 0 Å². The first-order valence-electron chi connectivity index (χ1n) is 6.38. The normalized spacial score (nSPS) is 10.8. The fourth-order valence-corrected chi connectivity index (χ4v) is 1.32. The van der Waals surface area contributed by atoms with E-state index in [0.29, 0.717) is 11.5 Å². The molecule has 22 heavy (non-hydrogen) atoms. The number of hydrogen-bond acceptors (Lipinski definition) is 5. The monoisotopic (exact) mass is 306 g/mol. The summed E-state index contributed by atoms with van der Waals surface area (Å²) in [7, 11) is 3.30. The molecule has 8 nitrogen and oxygen atoms in total. The predicted octanol–water partition coefficient (Wildman–Crippen LogP) is -0.521. The number of nitrogens with one attached hydrogen (secondary N) is 1. The molecule has 8 heteroatoms. The molecule has 0 radical (unpaired) electrons. The SMILES string of the molecule is C/C(=N/NC(=O)C(N)=O)c1ccc(OCC(=O)N(C)C)cc1. The van der Waals surface area contributed by atoms with E-state index in [0.717, 1.165) is 5.56 Å². The molecule has 0 saturated carbocycles. The van der Waals surface area contributed by atoms with E-state index < -0.39 is 11.8 Å². The summed E-state index contributed by atoms with van der Waals surface area (Å²) in [5.74, 6) is -1.70. The fraction of sp³-hybridized carbons (Fsp3) is 0.286. The molecule has 1 aromatic rings. The van der Waals surface area contributed by atoms with Crippen molar-refractivity contribution in [3.05, 3.63) is 29.8 Å². The Balaban J connectivity index is 2.64. The molecule has 0 aliphatic rings. The molecule has 3 amide bonds. The predicted molar refractivity (Wildman–Crippen MR) is 80.2 cm³/mol. The number of hydrazone groups is 1. The van der Waals surface area contributed by atoms with Crippen LogP contribution in [-0.4, -0.2) is 49.0 Å². The molecule has 0 spiro atoms. The van der Waals surface area contributed by atoms with E-state index in [4.69, 9.17) is 10.5 Å². The lowest BCUT2D eigenvalue weighted by molar-refractivity contribution is -0.137. The Labute approximate surface area is 127 Å². The van der Waals surface area contributed by atoms with Gasteiger partial charge in [0.05, 0.1) is 5.71 Å². The number of carbonyl (C=O) groups excluding carboxylic acids is 3. The largest absolute Gasteiger partial charge is 0.484 e. The summed E-state index contributed by atoms with van der Waals surface area (Å²) < 4.78 is 5.33. The molecule has 0 fully saturated rings. The van der Waals surface area contributed by atoms with Gasteiger partial charge in [-0.3, -0.25) is 14.4 Å². The van der Waals surface area contributed by atoms with Crippen LogP contribution in [-0.2, 0) is 14.4 Å². The van der Waals surface area contributed by atoms with Gasteiger partial charge in [0, 0.05) is 14.1 Å². The molecule has 1 aromatic carbocycles. The summed E-state index contributed by atoms with van der Waals surface area (Å²) in [6.45, 7) is 1.61. The van der Waals surface area contributed by atoms with Gasteiger partial charge in [-0.25, -0.2) is 5.43 Å². The van der Waals surface area contributed by atoms with Crippen molar-refractivity contribution in [2.45, 2.75) is 6.92 Å². The van der Waals surface area contributed by atoms with E-state index >= 15 is 0 Å². The van der Waals surface area contributed by atoms with Gasteiger partial charge in [0.2, 0.25) is 0 Å². The summed E-state index contributed by atoms with van der Waals surface area (Å²) in [5.41, 5.74) is 8.04. The molecular weight excluding hydrogens is 288 g/mol. The molecule has 0 aliphatic heterocycles. The van der Waals surface area contributed by atoms with Gasteiger partial charge in [0.15, 0.2) is 6.61 Å². The number of primary amides is 1. The standard InChI is InChI=1S/C14H18N4O4/c1-9(16-17-14(21)13(15)20)10-4-6-11(7-5-10)22-8-12(19)18(2)3/h4-7H,8H2,1-3H3,(H2,15,20)(H,17,21)/b16-9-. The van der Waals surface area contributed by atoms with Crippen molar-refractivity contribution in [1.82, 2.24) is 10.3 Å². The first-order valence-corrected chi connectivity index (χ1v) is 6.38. The van der Waals surface area contributed by atoms with Crippen LogP contribution in [0.5, 0.6) is 5.75 Å². The van der Waals surface area contributed by atoms with Crippen LogP contribution in [0.15, 0.2) is 29.4 Å². The van der Waals surface area contributed by atoms with Crippen LogP contribution in [0.1, 0.15) is 12.5 Å². The quantitative estimate of drug-likeness (QED) is 0.433. The van der Waals surface area contributed by atoms with E-state index in [2.05, 4.69) is 5.10 Å². The van der Waals surface area contributed by atoms with Gasteiger partial charge >= 0.3 is 11.8 Å². The third kappa shape index (κ3) is 5.23.